The van der Waals surface area contributed by atoms with E-state index >= 15 is 0 Å². The van der Waals surface area contributed by atoms with Gasteiger partial charge in [0.2, 0.25) is 5.96 Å². The molecule has 174 valence electrons. The zero-order valence-electron chi connectivity index (χ0n) is 18.4. The molecule has 0 aliphatic heterocycles. The zero-order chi connectivity index (χ0) is 24.8. The second kappa shape index (κ2) is 10.4. The zero-order valence-corrected chi connectivity index (χ0v) is 20.0. The van der Waals surface area contributed by atoms with Gasteiger partial charge in [0, 0.05) is 22.3 Å². The van der Waals surface area contributed by atoms with Crippen LogP contribution in [0, 0.1) is 11.3 Å². The molecule has 0 aliphatic rings. The van der Waals surface area contributed by atoms with Crippen LogP contribution in [0.3, 0.4) is 0 Å². The summed E-state index contributed by atoms with van der Waals surface area (Å²) < 4.78 is 27.2. The van der Waals surface area contributed by atoms with Gasteiger partial charge in [-0.3, -0.25) is 4.98 Å². The van der Waals surface area contributed by atoms with E-state index in [0.29, 0.717) is 10.6 Å². The number of guanidine groups is 1. The summed E-state index contributed by atoms with van der Waals surface area (Å²) in [6, 6.07) is 26.5. The van der Waals surface area contributed by atoms with E-state index in [0.717, 1.165) is 27.9 Å². The predicted octanol–water partition coefficient (Wildman–Crippen LogP) is 4.73. The second-order valence-electron chi connectivity index (χ2n) is 7.56. The maximum Gasteiger partial charge on any atom is 0.264 e. The fourth-order valence-electron chi connectivity index (χ4n) is 3.38. The molecule has 0 atom stereocenters. The number of halogens is 1. The van der Waals surface area contributed by atoms with Crippen molar-refractivity contribution in [2.24, 2.45) is 10.7 Å². The van der Waals surface area contributed by atoms with Crippen LogP contribution >= 0.6 is 11.6 Å². The molecular formula is C26H20ClN5O2S. The van der Waals surface area contributed by atoms with Crippen molar-refractivity contribution < 1.29 is 8.42 Å². The number of pyridine rings is 1. The molecule has 1 heterocycles. The molecule has 4 rings (SSSR count). The first-order valence-corrected chi connectivity index (χ1v) is 12.3. The lowest BCUT2D eigenvalue weighted by Crippen LogP contribution is -2.36. The highest BCUT2D eigenvalue weighted by atomic mass is 35.5. The molecule has 3 N–H and O–H groups in total. The Kier molecular flexibility index (Phi) is 7.11. The van der Waals surface area contributed by atoms with Gasteiger partial charge >= 0.3 is 0 Å². The van der Waals surface area contributed by atoms with Crippen molar-refractivity contribution in [1.82, 2.24) is 9.71 Å². The molecule has 0 saturated heterocycles. The lowest BCUT2D eigenvalue weighted by atomic mass is 9.97. The largest absolute Gasteiger partial charge is 0.369 e. The SMILES string of the molecule is N#Cc1ccc(-c2ncc(CN=C(N)NS(=O)(=O)c3ccccc3)cc2-c2ccc(Cl)cc2)cc1. The molecule has 0 unspecified atom stereocenters. The van der Waals surface area contributed by atoms with Gasteiger partial charge < -0.3 is 5.73 Å². The quantitative estimate of drug-likeness (QED) is 0.292. The third-order valence-electron chi connectivity index (χ3n) is 5.11. The molecule has 0 saturated carbocycles. The first-order valence-electron chi connectivity index (χ1n) is 10.5. The normalized spacial score (nSPS) is 11.6. The van der Waals surface area contributed by atoms with Gasteiger partial charge in [-0.15, -0.1) is 0 Å². The van der Waals surface area contributed by atoms with Gasteiger partial charge in [0.25, 0.3) is 10.0 Å². The number of nitrogens with one attached hydrogen (secondary N) is 1. The molecule has 0 fully saturated rings. The van der Waals surface area contributed by atoms with Gasteiger partial charge in [-0.1, -0.05) is 54.1 Å². The predicted molar refractivity (Wildman–Crippen MR) is 137 cm³/mol. The number of aliphatic imine (C=N–C) groups is 1. The summed E-state index contributed by atoms with van der Waals surface area (Å²) >= 11 is 6.07. The van der Waals surface area contributed by atoms with E-state index in [1.807, 2.05) is 30.3 Å². The summed E-state index contributed by atoms with van der Waals surface area (Å²) in [6.07, 6.45) is 1.66. The lowest BCUT2D eigenvalue weighted by molar-refractivity contribution is 0.592. The van der Waals surface area contributed by atoms with Crippen LogP contribution in [0.2, 0.25) is 5.02 Å². The van der Waals surface area contributed by atoms with E-state index in [1.165, 1.54) is 12.1 Å². The number of aromatic nitrogens is 1. The standard InChI is InChI=1S/C26H20ClN5O2S/c27-22-12-10-20(11-13-22)24-14-19(16-30-25(24)21-8-6-18(15-28)7-9-21)17-31-26(29)32-35(33,34)23-4-2-1-3-5-23/h1-14,16H,17H2,(H3,29,31,32). The average molecular weight is 502 g/mol. The maximum atomic E-state index is 12.5. The Balaban J connectivity index is 1.64. The number of nitriles is 1. The number of nitrogens with two attached hydrogens (primary N) is 1. The van der Waals surface area contributed by atoms with Gasteiger partial charge in [0.1, 0.15) is 0 Å². The van der Waals surface area contributed by atoms with Crippen LogP contribution in [0.4, 0.5) is 0 Å². The molecular weight excluding hydrogens is 482 g/mol. The smallest absolute Gasteiger partial charge is 0.264 e. The van der Waals surface area contributed by atoms with Gasteiger partial charge in [0.15, 0.2) is 0 Å². The summed E-state index contributed by atoms with van der Waals surface area (Å²) in [5.41, 5.74) is 10.4. The van der Waals surface area contributed by atoms with Crippen LogP contribution in [-0.2, 0) is 16.6 Å². The molecule has 9 heteroatoms. The summed E-state index contributed by atoms with van der Waals surface area (Å²) in [5.74, 6) is -0.224. The van der Waals surface area contributed by atoms with Gasteiger partial charge in [-0.2, -0.15) is 5.26 Å². The molecule has 3 aromatic carbocycles. The van der Waals surface area contributed by atoms with Crippen LogP contribution in [0.5, 0.6) is 0 Å². The highest BCUT2D eigenvalue weighted by Crippen LogP contribution is 2.32. The Morgan fingerprint density at radius 2 is 1.66 bits per heavy atom. The molecule has 1 aromatic heterocycles. The van der Waals surface area contributed by atoms with Crippen molar-refractivity contribution in [3.63, 3.8) is 0 Å². The molecule has 7 nitrogen and oxygen atoms in total. The molecule has 0 amide bonds. The molecule has 0 aliphatic carbocycles. The van der Waals surface area contributed by atoms with Crippen molar-refractivity contribution in [2.75, 3.05) is 0 Å². The molecule has 0 bridgehead atoms. The third-order valence-corrected chi connectivity index (χ3v) is 6.73. The lowest BCUT2D eigenvalue weighted by Gasteiger charge is -2.12. The number of benzene rings is 3. The van der Waals surface area contributed by atoms with Crippen molar-refractivity contribution in [3.05, 3.63) is 107 Å². The van der Waals surface area contributed by atoms with E-state index in [2.05, 4.69) is 20.8 Å². The first-order chi connectivity index (χ1) is 16.9. The monoisotopic (exact) mass is 501 g/mol. The minimum absolute atomic E-state index is 0.0941. The summed E-state index contributed by atoms with van der Waals surface area (Å²) in [5, 5.41) is 9.70. The Morgan fingerprint density at radius 3 is 2.31 bits per heavy atom. The van der Waals surface area contributed by atoms with E-state index in [-0.39, 0.29) is 17.4 Å². The molecule has 0 radical (unpaired) electrons. The Labute approximate surface area is 208 Å². The van der Waals surface area contributed by atoms with Crippen LogP contribution in [0.1, 0.15) is 11.1 Å². The van der Waals surface area contributed by atoms with Crippen molar-refractivity contribution in [3.8, 4) is 28.5 Å². The average Bonchev–Trinajstić information content (AvgIpc) is 2.88. The number of nitrogens with zero attached hydrogens (tertiary/aromatic N) is 3. The van der Waals surface area contributed by atoms with Crippen LogP contribution < -0.4 is 10.5 Å². The summed E-state index contributed by atoms with van der Waals surface area (Å²) in [4.78, 5) is 8.92. The first kappa shape index (κ1) is 24.0. The number of hydrogen-bond acceptors (Lipinski definition) is 5. The maximum absolute atomic E-state index is 12.5. The number of sulfonamides is 1. The van der Waals surface area contributed by atoms with Crippen LogP contribution in [0.15, 0.2) is 101 Å². The highest BCUT2D eigenvalue weighted by Gasteiger charge is 2.15. The number of hydrogen-bond donors (Lipinski definition) is 2. The topological polar surface area (TPSA) is 121 Å². The van der Waals surface area contributed by atoms with Crippen molar-refractivity contribution >= 4 is 27.6 Å². The highest BCUT2D eigenvalue weighted by molar-refractivity contribution is 7.90. The van der Waals surface area contributed by atoms with E-state index < -0.39 is 10.0 Å². The van der Waals surface area contributed by atoms with E-state index in [4.69, 9.17) is 22.6 Å². The van der Waals surface area contributed by atoms with Crippen LogP contribution in [-0.4, -0.2) is 19.4 Å². The van der Waals surface area contributed by atoms with Gasteiger partial charge in [-0.25, -0.2) is 18.1 Å². The Hall–Kier alpha value is -4.19. The third kappa shape index (κ3) is 5.84. The van der Waals surface area contributed by atoms with E-state index in [9.17, 15) is 8.42 Å². The van der Waals surface area contributed by atoms with E-state index in [1.54, 1.807) is 48.7 Å². The molecule has 4 aromatic rings. The minimum atomic E-state index is -3.82. The Morgan fingerprint density at radius 1 is 1.00 bits per heavy atom. The van der Waals surface area contributed by atoms with Gasteiger partial charge in [-0.05, 0) is 53.6 Å². The fraction of sp³-hybridized carbons (Fsp3) is 0.0385. The van der Waals surface area contributed by atoms with Crippen LogP contribution in [0.25, 0.3) is 22.4 Å². The molecule has 35 heavy (non-hydrogen) atoms. The van der Waals surface area contributed by atoms with Crippen molar-refractivity contribution in [1.29, 1.82) is 5.26 Å². The second-order valence-corrected chi connectivity index (χ2v) is 9.67. The summed E-state index contributed by atoms with van der Waals surface area (Å²) in [7, 11) is -3.82. The molecule has 0 spiro atoms. The fourth-order valence-corrected chi connectivity index (χ4v) is 4.48. The van der Waals surface area contributed by atoms with Crippen molar-refractivity contribution in [2.45, 2.75) is 11.4 Å². The Bertz CT molecular complexity index is 1510. The minimum Gasteiger partial charge on any atom is -0.369 e. The van der Waals surface area contributed by atoms with Gasteiger partial charge in [0.05, 0.1) is 28.8 Å². The number of rotatable bonds is 6. The summed E-state index contributed by atoms with van der Waals surface area (Å²) in [6.45, 7) is 0.115.